The maximum Gasteiger partial charge on any atom is 0.352 e. The summed E-state index contributed by atoms with van der Waals surface area (Å²) in [6, 6.07) is 9.86. The van der Waals surface area contributed by atoms with Crippen molar-refractivity contribution in [3.63, 3.8) is 0 Å². The molecule has 0 aliphatic carbocycles. The molecule has 1 N–H and O–H groups in total. The van der Waals surface area contributed by atoms with Crippen LogP contribution in [0.4, 0.5) is 4.39 Å². The van der Waals surface area contributed by atoms with Gasteiger partial charge in [0.1, 0.15) is 11.5 Å². The third-order valence-electron chi connectivity index (χ3n) is 3.07. The number of carbonyl (C=O) groups is 1. The zero-order valence-corrected chi connectivity index (χ0v) is 10.9. The lowest BCUT2D eigenvalue weighted by Gasteiger charge is -2.02. The largest absolute Gasteiger partial charge is 0.477 e. The van der Waals surface area contributed by atoms with E-state index in [4.69, 9.17) is 5.11 Å². The summed E-state index contributed by atoms with van der Waals surface area (Å²) in [5.74, 6) is -1.23. The average molecular weight is 275 g/mol. The molecule has 0 spiro atoms. The van der Waals surface area contributed by atoms with Gasteiger partial charge in [0, 0.05) is 11.7 Å². The molecule has 1 aromatic carbocycles. The summed E-state index contributed by atoms with van der Waals surface area (Å²) in [6.45, 7) is 0. The van der Waals surface area contributed by atoms with Gasteiger partial charge in [-0.05, 0) is 41.8 Å². The Morgan fingerprint density at radius 1 is 1.26 bits per heavy atom. The summed E-state index contributed by atoms with van der Waals surface area (Å²) in [7, 11) is 1.71. The van der Waals surface area contributed by atoms with Crippen molar-refractivity contribution in [1.29, 1.82) is 0 Å². The van der Waals surface area contributed by atoms with Crippen molar-refractivity contribution in [2.45, 2.75) is 0 Å². The second-order valence-corrected chi connectivity index (χ2v) is 5.34. The Bertz CT molecular complexity index is 788. The number of nitrogens with zero attached hydrogens (tertiary/aromatic N) is 1. The molecule has 0 fully saturated rings. The van der Waals surface area contributed by atoms with Crippen LogP contribution in [0.15, 0.2) is 36.4 Å². The van der Waals surface area contributed by atoms with E-state index < -0.39 is 5.97 Å². The van der Waals surface area contributed by atoms with Gasteiger partial charge < -0.3 is 9.67 Å². The van der Waals surface area contributed by atoms with E-state index in [1.54, 1.807) is 29.8 Å². The van der Waals surface area contributed by atoms with E-state index in [1.807, 2.05) is 6.07 Å². The molecule has 3 rings (SSSR count). The van der Waals surface area contributed by atoms with E-state index in [0.717, 1.165) is 20.7 Å². The standard InChI is InChI=1S/C14H10FNO2S/c1-16-10(3-4-11(16)14(17)18)13-7-8-6-9(15)2-5-12(8)19-13/h2-7H,1H3,(H,17,18). The number of aromatic carboxylic acids is 1. The van der Waals surface area contributed by atoms with E-state index in [9.17, 15) is 9.18 Å². The summed E-state index contributed by atoms with van der Waals surface area (Å²) in [4.78, 5) is 11.9. The molecule has 0 aliphatic rings. The summed E-state index contributed by atoms with van der Waals surface area (Å²) in [5, 5.41) is 9.87. The van der Waals surface area contributed by atoms with Crippen LogP contribution in [-0.4, -0.2) is 15.6 Å². The van der Waals surface area contributed by atoms with E-state index in [1.165, 1.54) is 23.5 Å². The van der Waals surface area contributed by atoms with Gasteiger partial charge in [0.15, 0.2) is 0 Å². The van der Waals surface area contributed by atoms with Crippen LogP contribution in [0, 0.1) is 5.82 Å². The van der Waals surface area contributed by atoms with E-state index in [-0.39, 0.29) is 11.5 Å². The second-order valence-electron chi connectivity index (χ2n) is 4.26. The average Bonchev–Trinajstić information content (AvgIpc) is 2.91. The maximum absolute atomic E-state index is 13.2. The second kappa shape index (κ2) is 4.20. The monoisotopic (exact) mass is 275 g/mol. The van der Waals surface area contributed by atoms with Gasteiger partial charge in [-0.2, -0.15) is 0 Å². The minimum absolute atomic E-state index is 0.235. The number of aromatic nitrogens is 1. The minimum Gasteiger partial charge on any atom is -0.477 e. The fraction of sp³-hybridized carbons (Fsp3) is 0.0714. The van der Waals surface area contributed by atoms with Gasteiger partial charge in [-0.1, -0.05) is 0 Å². The van der Waals surface area contributed by atoms with Crippen LogP contribution in [0.1, 0.15) is 10.5 Å². The molecule has 0 unspecified atom stereocenters. The van der Waals surface area contributed by atoms with Crippen molar-refractivity contribution in [2.75, 3.05) is 0 Å². The molecule has 0 bridgehead atoms. The molecule has 5 heteroatoms. The lowest BCUT2D eigenvalue weighted by atomic mass is 10.2. The molecular formula is C14H10FNO2S. The number of hydrogen-bond acceptors (Lipinski definition) is 2. The van der Waals surface area contributed by atoms with Gasteiger partial charge in [-0.25, -0.2) is 9.18 Å². The number of benzene rings is 1. The number of halogens is 1. The number of rotatable bonds is 2. The molecule has 0 saturated carbocycles. The molecule has 3 aromatic rings. The first kappa shape index (κ1) is 11.9. The van der Waals surface area contributed by atoms with Crippen LogP contribution in [-0.2, 0) is 7.05 Å². The quantitative estimate of drug-likeness (QED) is 0.774. The van der Waals surface area contributed by atoms with Crippen LogP contribution < -0.4 is 0 Å². The third-order valence-corrected chi connectivity index (χ3v) is 4.21. The molecule has 0 aliphatic heterocycles. The Morgan fingerprint density at radius 2 is 2.05 bits per heavy atom. The molecule has 0 atom stereocenters. The minimum atomic E-state index is -0.957. The first-order valence-electron chi connectivity index (χ1n) is 5.65. The van der Waals surface area contributed by atoms with E-state index in [2.05, 4.69) is 0 Å². The van der Waals surface area contributed by atoms with Crippen LogP contribution in [0.5, 0.6) is 0 Å². The lowest BCUT2D eigenvalue weighted by Crippen LogP contribution is -2.04. The summed E-state index contributed by atoms with van der Waals surface area (Å²) >= 11 is 1.52. The first-order valence-corrected chi connectivity index (χ1v) is 6.46. The topological polar surface area (TPSA) is 42.2 Å². The Labute approximate surface area is 112 Å². The highest BCUT2D eigenvalue weighted by Gasteiger charge is 2.14. The van der Waals surface area contributed by atoms with Crippen molar-refractivity contribution >= 4 is 27.4 Å². The van der Waals surface area contributed by atoms with E-state index in [0.29, 0.717) is 0 Å². The Hall–Kier alpha value is -2.14. The van der Waals surface area contributed by atoms with Crippen molar-refractivity contribution in [3.05, 3.63) is 47.9 Å². The summed E-state index contributed by atoms with van der Waals surface area (Å²) in [6.07, 6.45) is 0. The zero-order chi connectivity index (χ0) is 13.6. The number of fused-ring (bicyclic) bond motifs is 1. The molecule has 0 saturated heterocycles. The molecule has 19 heavy (non-hydrogen) atoms. The zero-order valence-electron chi connectivity index (χ0n) is 10.1. The number of thiophene rings is 1. The highest BCUT2D eigenvalue weighted by atomic mass is 32.1. The van der Waals surface area contributed by atoms with E-state index >= 15 is 0 Å². The SMILES string of the molecule is Cn1c(C(=O)O)ccc1-c1cc2cc(F)ccc2s1. The predicted molar refractivity (Wildman–Crippen MR) is 73.1 cm³/mol. The molecule has 2 aromatic heterocycles. The number of carboxylic acids is 1. The van der Waals surface area contributed by atoms with Crippen molar-refractivity contribution < 1.29 is 14.3 Å². The summed E-state index contributed by atoms with van der Waals surface area (Å²) in [5.41, 5.74) is 1.05. The van der Waals surface area contributed by atoms with Gasteiger partial charge in [-0.3, -0.25) is 0 Å². The third kappa shape index (κ3) is 1.92. The number of hydrogen-bond donors (Lipinski definition) is 1. The molecule has 3 nitrogen and oxygen atoms in total. The molecule has 96 valence electrons. The number of carboxylic acid groups (broad SMARTS) is 1. The Morgan fingerprint density at radius 3 is 2.74 bits per heavy atom. The normalized spacial score (nSPS) is 11.1. The van der Waals surface area contributed by atoms with Crippen LogP contribution in [0.2, 0.25) is 0 Å². The van der Waals surface area contributed by atoms with Crippen molar-refractivity contribution in [3.8, 4) is 10.6 Å². The highest BCUT2D eigenvalue weighted by Crippen LogP contribution is 2.34. The van der Waals surface area contributed by atoms with Gasteiger partial charge in [-0.15, -0.1) is 11.3 Å². The van der Waals surface area contributed by atoms with Gasteiger partial charge >= 0.3 is 5.97 Å². The molecule has 0 radical (unpaired) electrons. The van der Waals surface area contributed by atoms with Crippen LogP contribution in [0.3, 0.4) is 0 Å². The fourth-order valence-electron chi connectivity index (χ4n) is 2.11. The highest BCUT2D eigenvalue weighted by molar-refractivity contribution is 7.22. The first-order chi connectivity index (χ1) is 9.06. The molecule has 0 amide bonds. The predicted octanol–water partition coefficient (Wildman–Crippen LogP) is 3.74. The van der Waals surface area contributed by atoms with Gasteiger partial charge in [0.2, 0.25) is 0 Å². The van der Waals surface area contributed by atoms with Crippen LogP contribution in [0.25, 0.3) is 20.7 Å². The molecule has 2 heterocycles. The Balaban J connectivity index is 2.16. The van der Waals surface area contributed by atoms with Gasteiger partial charge in [0.05, 0.1) is 10.6 Å². The summed E-state index contributed by atoms with van der Waals surface area (Å²) < 4.78 is 15.8. The fourth-order valence-corrected chi connectivity index (χ4v) is 3.22. The van der Waals surface area contributed by atoms with Crippen molar-refractivity contribution in [1.82, 2.24) is 4.57 Å². The molecular weight excluding hydrogens is 265 g/mol. The Kier molecular flexibility index (Phi) is 2.64. The lowest BCUT2D eigenvalue weighted by molar-refractivity contribution is 0.0687. The maximum atomic E-state index is 13.2. The van der Waals surface area contributed by atoms with Crippen molar-refractivity contribution in [2.24, 2.45) is 7.05 Å². The van der Waals surface area contributed by atoms with Gasteiger partial charge in [0.25, 0.3) is 0 Å². The smallest absolute Gasteiger partial charge is 0.352 e. The van der Waals surface area contributed by atoms with Crippen LogP contribution >= 0.6 is 11.3 Å².